The summed E-state index contributed by atoms with van der Waals surface area (Å²) in [5, 5.41) is 6.25. The lowest BCUT2D eigenvalue weighted by atomic mass is 10.1. The molecular weight excluding hydrogens is 442 g/mol. The van der Waals surface area contributed by atoms with Crippen LogP contribution in [-0.2, 0) is 10.0 Å². The van der Waals surface area contributed by atoms with Crippen LogP contribution in [0.25, 0.3) is 0 Å². The Morgan fingerprint density at radius 1 is 1.00 bits per heavy atom. The molecule has 9 heteroatoms. The van der Waals surface area contributed by atoms with E-state index in [9.17, 15) is 8.42 Å². The van der Waals surface area contributed by atoms with Crippen LogP contribution in [-0.4, -0.2) is 25.4 Å². The molecule has 0 aliphatic rings. The van der Waals surface area contributed by atoms with Crippen molar-refractivity contribution in [2.75, 3.05) is 17.7 Å². The van der Waals surface area contributed by atoms with Crippen LogP contribution in [0.15, 0.2) is 58.0 Å². The zero-order valence-corrected chi connectivity index (χ0v) is 18.0. The molecule has 0 aliphatic heterocycles. The fourth-order valence-electron chi connectivity index (χ4n) is 2.73. The van der Waals surface area contributed by atoms with Gasteiger partial charge in [0.05, 0.1) is 10.2 Å². The maximum absolute atomic E-state index is 12.3. The first-order chi connectivity index (χ1) is 13.3. The lowest BCUT2D eigenvalue weighted by Crippen LogP contribution is -2.19. The molecule has 0 aliphatic carbocycles. The number of rotatable bonds is 6. The molecule has 0 atom stereocenters. The number of anilines is 4. The van der Waals surface area contributed by atoms with Crippen molar-refractivity contribution >= 4 is 49.1 Å². The van der Waals surface area contributed by atoms with Crippen LogP contribution in [0.1, 0.15) is 11.1 Å². The number of sulfonamides is 1. The van der Waals surface area contributed by atoms with E-state index < -0.39 is 10.0 Å². The molecule has 0 radical (unpaired) electrons. The summed E-state index contributed by atoms with van der Waals surface area (Å²) in [4.78, 5) is 8.89. The van der Waals surface area contributed by atoms with E-state index in [0.29, 0.717) is 21.9 Å². The Bertz CT molecular complexity index is 1100. The molecule has 0 bridgehead atoms. The first kappa shape index (κ1) is 20.2. The number of halogens is 1. The Morgan fingerprint density at radius 3 is 2.36 bits per heavy atom. The Morgan fingerprint density at radius 2 is 1.68 bits per heavy atom. The Hall–Kier alpha value is -2.49. The molecule has 0 fully saturated rings. The van der Waals surface area contributed by atoms with Crippen molar-refractivity contribution in [3.8, 4) is 0 Å². The summed E-state index contributed by atoms with van der Waals surface area (Å²) in [5.41, 5.74) is 3.55. The van der Waals surface area contributed by atoms with Gasteiger partial charge >= 0.3 is 0 Å². The molecule has 7 nitrogen and oxygen atoms in total. The molecule has 0 amide bonds. The average Bonchev–Trinajstić information content (AvgIpc) is 2.64. The normalized spacial score (nSPS) is 11.3. The van der Waals surface area contributed by atoms with Gasteiger partial charge in [-0.15, -0.1) is 0 Å². The van der Waals surface area contributed by atoms with Crippen LogP contribution in [0.5, 0.6) is 0 Å². The Balaban J connectivity index is 1.93. The Labute approximate surface area is 172 Å². The number of nitrogens with zero attached hydrogens (tertiary/aromatic N) is 2. The van der Waals surface area contributed by atoms with Gasteiger partial charge in [-0.3, -0.25) is 0 Å². The van der Waals surface area contributed by atoms with Gasteiger partial charge in [0.2, 0.25) is 16.0 Å². The van der Waals surface area contributed by atoms with Crippen LogP contribution in [0.2, 0.25) is 0 Å². The van der Waals surface area contributed by atoms with E-state index in [0.717, 1.165) is 16.8 Å². The van der Waals surface area contributed by atoms with E-state index >= 15 is 0 Å². The van der Waals surface area contributed by atoms with Gasteiger partial charge in [-0.05, 0) is 72.2 Å². The van der Waals surface area contributed by atoms with Gasteiger partial charge in [-0.2, -0.15) is 4.98 Å². The summed E-state index contributed by atoms with van der Waals surface area (Å²) in [6.07, 6.45) is 1.61. The topological polar surface area (TPSA) is 96.0 Å². The fraction of sp³-hybridized carbons (Fsp3) is 0.158. The quantitative estimate of drug-likeness (QED) is 0.507. The highest BCUT2D eigenvalue weighted by atomic mass is 79.9. The number of hydrogen-bond acceptors (Lipinski definition) is 6. The number of hydrogen-bond donors (Lipinski definition) is 3. The van der Waals surface area contributed by atoms with Gasteiger partial charge in [0.15, 0.2) is 0 Å². The zero-order valence-electron chi connectivity index (χ0n) is 15.6. The van der Waals surface area contributed by atoms with Gasteiger partial charge in [0.1, 0.15) is 10.7 Å². The van der Waals surface area contributed by atoms with Crippen LogP contribution in [0.3, 0.4) is 0 Å². The van der Waals surface area contributed by atoms with Crippen molar-refractivity contribution in [1.82, 2.24) is 14.7 Å². The molecule has 1 heterocycles. The second-order valence-electron chi connectivity index (χ2n) is 6.22. The number of aryl methyl sites for hydroxylation is 2. The molecule has 3 N–H and O–H groups in total. The molecule has 146 valence electrons. The van der Waals surface area contributed by atoms with Crippen molar-refractivity contribution in [2.24, 2.45) is 0 Å². The molecule has 0 saturated heterocycles. The summed E-state index contributed by atoms with van der Waals surface area (Å²) in [5.74, 6) is 0.838. The highest BCUT2D eigenvalue weighted by Crippen LogP contribution is 2.29. The minimum absolute atomic E-state index is 0.131. The summed E-state index contributed by atoms with van der Waals surface area (Å²) >= 11 is 3.41. The van der Waals surface area contributed by atoms with Crippen molar-refractivity contribution in [1.29, 1.82) is 0 Å². The van der Waals surface area contributed by atoms with Crippen LogP contribution < -0.4 is 15.4 Å². The molecule has 28 heavy (non-hydrogen) atoms. The van der Waals surface area contributed by atoms with Crippen molar-refractivity contribution in [3.05, 3.63) is 64.3 Å². The summed E-state index contributed by atoms with van der Waals surface area (Å²) in [6, 6.07) is 12.7. The van der Waals surface area contributed by atoms with Gasteiger partial charge in [0, 0.05) is 11.9 Å². The SMILES string of the molecule is CNS(=O)(=O)c1ccccc1Nc1nc(Nc2cc(C)cc(C)c2)ncc1Br. The van der Waals surface area contributed by atoms with E-state index in [1.807, 2.05) is 26.0 Å². The second-order valence-corrected chi connectivity index (χ2v) is 8.93. The molecule has 0 saturated carbocycles. The van der Waals surface area contributed by atoms with Crippen LogP contribution in [0.4, 0.5) is 23.1 Å². The monoisotopic (exact) mass is 461 g/mol. The van der Waals surface area contributed by atoms with Crippen LogP contribution >= 0.6 is 15.9 Å². The van der Waals surface area contributed by atoms with Crippen molar-refractivity contribution < 1.29 is 8.42 Å². The third-order valence-corrected chi connectivity index (χ3v) is 5.97. The average molecular weight is 462 g/mol. The minimum atomic E-state index is -3.62. The molecular formula is C19H20BrN5O2S. The fourth-order valence-corrected chi connectivity index (χ4v) is 3.91. The third-order valence-electron chi connectivity index (χ3n) is 3.92. The maximum Gasteiger partial charge on any atom is 0.242 e. The number of para-hydroxylation sites is 1. The standard InChI is InChI=1S/C19H20BrN5O2S/c1-12-8-13(2)10-14(9-12)23-19-22-11-15(20)18(25-19)24-16-6-4-5-7-17(16)28(26,27)21-3/h4-11,21H,1-3H3,(H2,22,23,24,25). The summed E-state index contributed by atoms with van der Waals surface area (Å²) in [6.45, 7) is 4.04. The third kappa shape index (κ3) is 4.67. The molecule has 2 aromatic carbocycles. The molecule has 0 spiro atoms. The lowest BCUT2D eigenvalue weighted by molar-refractivity contribution is 0.588. The van der Waals surface area contributed by atoms with Crippen LogP contribution in [0, 0.1) is 13.8 Å². The first-order valence-corrected chi connectivity index (χ1v) is 10.7. The van der Waals surface area contributed by atoms with E-state index in [-0.39, 0.29) is 4.90 Å². The van der Waals surface area contributed by atoms with E-state index in [2.05, 4.69) is 47.3 Å². The zero-order chi connectivity index (χ0) is 20.3. The molecule has 0 unspecified atom stereocenters. The first-order valence-electron chi connectivity index (χ1n) is 8.46. The smallest absolute Gasteiger partial charge is 0.242 e. The number of benzene rings is 2. The number of nitrogens with one attached hydrogen (secondary N) is 3. The number of aromatic nitrogens is 2. The summed E-state index contributed by atoms with van der Waals surface area (Å²) in [7, 11) is -2.24. The summed E-state index contributed by atoms with van der Waals surface area (Å²) < 4.78 is 27.5. The van der Waals surface area contributed by atoms with Crippen molar-refractivity contribution in [3.63, 3.8) is 0 Å². The lowest BCUT2D eigenvalue weighted by Gasteiger charge is -2.14. The molecule has 1 aromatic heterocycles. The maximum atomic E-state index is 12.3. The highest BCUT2D eigenvalue weighted by Gasteiger charge is 2.17. The van der Waals surface area contributed by atoms with E-state index in [4.69, 9.17) is 0 Å². The largest absolute Gasteiger partial charge is 0.338 e. The minimum Gasteiger partial charge on any atom is -0.338 e. The second kappa shape index (κ2) is 8.26. The predicted octanol–water partition coefficient (Wildman–Crippen LogP) is 4.25. The van der Waals surface area contributed by atoms with Gasteiger partial charge in [-0.1, -0.05) is 18.2 Å². The predicted molar refractivity (Wildman–Crippen MR) is 115 cm³/mol. The van der Waals surface area contributed by atoms with Gasteiger partial charge in [-0.25, -0.2) is 18.1 Å². The van der Waals surface area contributed by atoms with E-state index in [1.54, 1.807) is 24.4 Å². The van der Waals surface area contributed by atoms with Crippen molar-refractivity contribution in [2.45, 2.75) is 18.7 Å². The van der Waals surface area contributed by atoms with Gasteiger partial charge < -0.3 is 10.6 Å². The highest BCUT2D eigenvalue weighted by molar-refractivity contribution is 9.10. The molecule has 3 aromatic rings. The molecule has 3 rings (SSSR count). The van der Waals surface area contributed by atoms with Gasteiger partial charge in [0.25, 0.3) is 0 Å². The van der Waals surface area contributed by atoms with E-state index in [1.165, 1.54) is 13.1 Å². The Kier molecular flexibility index (Phi) is 5.97.